The van der Waals surface area contributed by atoms with E-state index in [2.05, 4.69) is 42.4 Å². The Morgan fingerprint density at radius 1 is 1.00 bits per heavy atom. The molecule has 0 saturated heterocycles. The fourth-order valence-electron chi connectivity index (χ4n) is 1.84. The molecule has 0 amide bonds. The number of rotatable bonds is 2. The average molecular weight is 522 g/mol. The minimum Gasteiger partial charge on any atom is -0.911 e. The zero-order chi connectivity index (χ0) is 18.9. The molecule has 0 bridgehead atoms. The van der Waals surface area contributed by atoms with Crippen LogP contribution in [0.4, 0.5) is 0 Å². The summed E-state index contributed by atoms with van der Waals surface area (Å²) in [6, 6.07) is 23.4. The van der Waals surface area contributed by atoms with E-state index in [-0.39, 0.29) is 20.1 Å². The summed E-state index contributed by atoms with van der Waals surface area (Å²) >= 11 is 0. The van der Waals surface area contributed by atoms with Crippen LogP contribution in [0, 0.1) is 12.1 Å². The first-order chi connectivity index (χ1) is 12.3. The van der Waals surface area contributed by atoms with Gasteiger partial charge in [-0.1, -0.05) is 44.2 Å². The van der Waals surface area contributed by atoms with Crippen molar-refractivity contribution < 1.29 is 20.1 Å². The van der Waals surface area contributed by atoms with Crippen molar-refractivity contribution in [3.8, 4) is 11.3 Å². The molecule has 26 heavy (non-hydrogen) atoms. The van der Waals surface area contributed by atoms with Gasteiger partial charge in [-0.3, -0.25) is 17.1 Å². The minimum atomic E-state index is 0. The predicted octanol–water partition coefficient (Wildman–Crippen LogP) is 6.53. The van der Waals surface area contributed by atoms with Gasteiger partial charge < -0.3 is 11.6 Å². The van der Waals surface area contributed by atoms with Crippen molar-refractivity contribution in [3.05, 3.63) is 97.4 Å². The minimum absolute atomic E-state index is 0. The third kappa shape index (κ3) is 9.22. The first kappa shape index (κ1) is 25.9. The van der Waals surface area contributed by atoms with Crippen molar-refractivity contribution in [1.82, 2.24) is 4.98 Å². The molecule has 0 aliphatic carbocycles. The van der Waals surface area contributed by atoms with Crippen LogP contribution in [0.5, 0.6) is 0 Å². The molecule has 0 aliphatic heterocycles. The number of para-hydroxylation sites is 1. The summed E-state index contributed by atoms with van der Waals surface area (Å²) < 4.78 is 0. The van der Waals surface area contributed by atoms with E-state index in [4.69, 9.17) is 5.41 Å². The monoisotopic (exact) mass is 522 g/mol. The summed E-state index contributed by atoms with van der Waals surface area (Å²) in [5, 5.41) is 8.99. The second kappa shape index (κ2) is 17.5. The molecule has 2 aromatic carbocycles. The van der Waals surface area contributed by atoms with Gasteiger partial charge in [-0.15, -0.1) is 56.0 Å². The van der Waals surface area contributed by atoms with Crippen LogP contribution >= 0.6 is 0 Å². The standard InChI is InChI=1S/C15H10N.C4H5N.C2H6.C2H4.Ir/c1-2-6-12(7-3-1)15-11-10-13-8-4-5-9-14(13)16-15;1-2-3-4-5;2*1-2;/h1-6,8-11H;3-4H,1H3;1-2H3;1-2H2;/q-1;-2;;;+3. The van der Waals surface area contributed by atoms with Gasteiger partial charge in [-0.25, -0.2) is 0 Å². The Labute approximate surface area is 171 Å². The number of pyridine rings is 1. The average Bonchev–Trinajstić information content (AvgIpc) is 2.72. The molecule has 0 aliphatic rings. The quantitative estimate of drug-likeness (QED) is 0.214. The van der Waals surface area contributed by atoms with Gasteiger partial charge in [0.15, 0.2) is 0 Å². The Hall–Kier alpha value is -2.35. The van der Waals surface area contributed by atoms with Crippen molar-refractivity contribution >= 4 is 17.1 Å². The number of aromatic nitrogens is 1. The molecule has 3 heteroatoms. The molecule has 0 radical (unpaired) electrons. The van der Waals surface area contributed by atoms with E-state index in [1.165, 1.54) is 11.5 Å². The zero-order valence-electron chi connectivity index (χ0n) is 15.6. The predicted molar refractivity (Wildman–Crippen MR) is 112 cm³/mol. The molecule has 136 valence electrons. The van der Waals surface area contributed by atoms with E-state index in [1.807, 2.05) is 62.4 Å². The van der Waals surface area contributed by atoms with Crippen LogP contribution in [0.2, 0.25) is 0 Å². The summed E-state index contributed by atoms with van der Waals surface area (Å²) in [5.74, 6) is 0. The Bertz CT molecular complexity index is 752. The normalized spacial score (nSPS) is 8.58. The van der Waals surface area contributed by atoms with Crippen LogP contribution in [-0.2, 0) is 20.1 Å². The van der Waals surface area contributed by atoms with Gasteiger partial charge in [0, 0.05) is 0 Å². The van der Waals surface area contributed by atoms with Crippen LogP contribution in [0.1, 0.15) is 20.8 Å². The molecule has 0 spiro atoms. The van der Waals surface area contributed by atoms with Gasteiger partial charge in [0.2, 0.25) is 0 Å². The Morgan fingerprint density at radius 2 is 1.65 bits per heavy atom. The van der Waals surface area contributed by atoms with Crippen molar-refractivity contribution in [2.45, 2.75) is 20.8 Å². The van der Waals surface area contributed by atoms with E-state index in [1.54, 1.807) is 6.92 Å². The SMILES string of the molecule is C=C.CC.C[C-]=CC=[N-].[Ir+3].[c-]1ccccc1-c1ccc2ccccc2n1. The van der Waals surface area contributed by atoms with Crippen molar-refractivity contribution in [3.63, 3.8) is 0 Å². The fraction of sp³-hybridized carbons (Fsp3) is 0.130. The summed E-state index contributed by atoms with van der Waals surface area (Å²) in [6.07, 6.45) is 4.96. The molecule has 0 saturated carbocycles. The summed E-state index contributed by atoms with van der Waals surface area (Å²) in [4.78, 5) is 4.61. The van der Waals surface area contributed by atoms with Gasteiger partial charge in [-0.05, 0) is 17.1 Å². The van der Waals surface area contributed by atoms with Crippen molar-refractivity contribution in [2.75, 3.05) is 0 Å². The molecule has 0 unspecified atom stereocenters. The largest absolute Gasteiger partial charge is 3.00 e. The maximum atomic E-state index is 7.82. The first-order valence-electron chi connectivity index (χ1n) is 8.14. The van der Waals surface area contributed by atoms with Crippen LogP contribution in [0.25, 0.3) is 27.6 Å². The maximum absolute atomic E-state index is 7.82. The third-order valence-electron chi connectivity index (χ3n) is 2.82. The second-order valence-electron chi connectivity index (χ2n) is 4.27. The van der Waals surface area contributed by atoms with E-state index in [0.717, 1.165) is 23.0 Å². The van der Waals surface area contributed by atoms with Crippen molar-refractivity contribution in [1.29, 1.82) is 0 Å². The first-order valence-corrected chi connectivity index (χ1v) is 8.14. The van der Waals surface area contributed by atoms with Gasteiger partial charge in [0.05, 0.1) is 5.52 Å². The maximum Gasteiger partial charge on any atom is 3.00 e. The molecular formula is C23H25IrN2. The Balaban J connectivity index is 0. The van der Waals surface area contributed by atoms with Crippen LogP contribution in [-0.4, -0.2) is 11.2 Å². The van der Waals surface area contributed by atoms with Gasteiger partial charge in [0.25, 0.3) is 0 Å². The Morgan fingerprint density at radius 3 is 2.19 bits per heavy atom. The van der Waals surface area contributed by atoms with Crippen LogP contribution < -0.4 is 0 Å². The number of allylic oxidation sites excluding steroid dienone is 2. The summed E-state index contributed by atoms with van der Waals surface area (Å²) in [5.41, 5.74) is 3.03. The van der Waals surface area contributed by atoms with E-state index in [9.17, 15) is 0 Å². The number of fused-ring (bicyclic) bond motifs is 1. The molecule has 0 atom stereocenters. The van der Waals surface area contributed by atoms with Crippen LogP contribution in [0.3, 0.4) is 0 Å². The zero-order valence-corrected chi connectivity index (χ0v) is 18.0. The molecule has 1 heterocycles. The number of benzene rings is 2. The Kier molecular flexibility index (Phi) is 17.4. The number of nitrogens with zero attached hydrogens (tertiary/aromatic N) is 2. The van der Waals surface area contributed by atoms with Gasteiger partial charge in [0.1, 0.15) is 0 Å². The number of hydrogen-bond acceptors (Lipinski definition) is 1. The van der Waals surface area contributed by atoms with E-state index < -0.39 is 0 Å². The molecule has 0 N–H and O–H groups in total. The molecule has 2 nitrogen and oxygen atoms in total. The fourth-order valence-corrected chi connectivity index (χ4v) is 1.84. The molecule has 0 fully saturated rings. The van der Waals surface area contributed by atoms with E-state index >= 15 is 0 Å². The third-order valence-corrected chi connectivity index (χ3v) is 2.82. The molecular weight excluding hydrogens is 496 g/mol. The molecule has 3 rings (SSSR count). The summed E-state index contributed by atoms with van der Waals surface area (Å²) in [6.45, 7) is 11.7. The topological polar surface area (TPSA) is 35.2 Å². The van der Waals surface area contributed by atoms with Crippen molar-refractivity contribution in [2.24, 2.45) is 0 Å². The molecule has 3 aromatic rings. The van der Waals surface area contributed by atoms with E-state index in [0.29, 0.717) is 0 Å². The van der Waals surface area contributed by atoms with Gasteiger partial charge in [-0.2, -0.15) is 0 Å². The molecule has 1 aromatic heterocycles. The smallest absolute Gasteiger partial charge is 0.911 e. The summed E-state index contributed by atoms with van der Waals surface area (Å²) in [7, 11) is 0. The second-order valence-corrected chi connectivity index (χ2v) is 4.27. The van der Waals surface area contributed by atoms with Gasteiger partial charge >= 0.3 is 20.1 Å². The number of hydrogen-bond donors (Lipinski definition) is 0. The van der Waals surface area contributed by atoms with Crippen LogP contribution in [0.15, 0.2) is 79.9 Å².